The highest BCUT2D eigenvalue weighted by molar-refractivity contribution is 7.92. The molecule has 1 fully saturated rings. The van der Waals surface area contributed by atoms with Gasteiger partial charge in [0.05, 0.1) is 28.9 Å². The van der Waals surface area contributed by atoms with Crippen molar-refractivity contribution in [3.63, 3.8) is 0 Å². The van der Waals surface area contributed by atoms with Gasteiger partial charge in [0.2, 0.25) is 5.91 Å². The number of sulfonamides is 1. The average molecular weight is 444 g/mol. The third kappa shape index (κ3) is 4.10. The van der Waals surface area contributed by atoms with Crippen LogP contribution in [-0.4, -0.2) is 51.9 Å². The molecule has 0 atom stereocenters. The first-order valence-corrected chi connectivity index (χ1v) is 11.7. The molecule has 2 aromatic carbocycles. The average Bonchev–Trinajstić information content (AvgIpc) is 3.07. The molecule has 0 aliphatic carbocycles. The Hall–Kier alpha value is -3.07. The highest BCUT2D eigenvalue weighted by Gasteiger charge is 2.33. The number of likely N-dealkylation sites (tertiary alicyclic amines) is 1. The molecule has 1 saturated heterocycles. The van der Waals surface area contributed by atoms with E-state index >= 15 is 0 Å². The van der Waals surface area contributed by atoms with Crippen molar-refractivity contribution in [3.8, 4) is 5.75 Å². The Labute approximate surface area is 181 Å². The maximum absolute atomic E-state index is 13.5. The molecule has 9 heteroatoms. The van der Waals surface area contributed by atoms with Crippen LogP contribution in [0.2, 0.25) is 0 Å². The van der Waals surface area contributed by atoms with Crippen molar-refractivity contribution in [1.82, 2.24) is 4.90 Å². The summed E-state index contributed by atoms with van der Waals surface area (Å²) in [4.78, 5) is 27.0. The third-order valence-corrected chi connectivity index (χ3v) is 7.37. The molecular weight excluding hydrogens is 418 g/mol. The van der Waals surface area contributed by atoms with Gasteiger partial charge in [0.15, 0.2) is 0 Å². The highest BCUT2D eigenvalue weighted by Crippen LogP contribution is 2.34. The fourth-order valence-electron chi connectivity index (χ4n) is 4.00. The zero-order valence-electron chi connectivity index (χ0n) is 17.3. The number of ether oxygens (including phenoxy) is 1. The summed E-state index contributed by atoms with van der Waals surface area (Å²) in [5.74, 6) is -0.339. The van der Waals surface area contributed by atoms with Gasteiger partial charge >= 0.3 is 0 Å². The second kappa shape index (κ2) is 8.58. The smallest absolute Gasteiger partial charge is 0.264 e. The van der Waals surface area contributed by atoms with Gasteiger partial charge in [-0.15, -0.1) is 0 Å². The Morgan fingerprint density at radius 3 is 2.45 bits per heavy atom. The van der Waals surface area contributed by atoms with E-state index in [2.05, 4.69) is 5.32 Å². The fourth-order valence-corrected chi connectivity index (χ4v) is 5.47. The summed E-state index contributed by atoms with van der Waals surface area (Å²) in [5, 5.41) is 2.68. The quantitative estimate of drug-likeness (QED) is 0.784. The molecule has 0 spiro atoms. The first kappa shape index (κ1) is 21.2. The number of para-hydroxylation sites is 2. The first-order chi connectivity index (χ1) is 14.9. The number of nitrogens with zero attached hydrogens (tertiary/aromatic N) is 2. The Balaban J connectivity index is 1.74. The minimum absolute atomic E-state index is 0.0593. The van der Waals surface area contributed by atoms with Crippen LogP contribution < -0.4 is 14.4 Å². The van der Waals surface area contributed by atoms with Gasteiger partial charge < -0.3 is 15.0 Å². The van der Waals surface area contributed by atoms with Crippen LogP contribution in [0.5, 0.6) is 5.75 Å². The van der Waals surface area contributed by atoms with Crippen LogP contribution in [0, 0.1) is 0 Å². The minimum Gasteiger partial charge on any atom is -0.496 e. The van der Waals surface area contributed by atoms with E-state index in [4.69, 9.17) is 4.74 Å². The standard InChI is InChI=1S/C22H25N3O5S/c1-30-20-11-10-16(14-17(20)22(27)24-12-6-2-3-7-13-24)31(28,29)25-15-21(26)23-18-8-4-5-9-19(18)25/h4-5,8-11,14H,2-3,6-7,12-13,15H2,1H3,(H,23,26). The largest absolute Gasteiger partial charge is 0.496 e. The third-order valence-electron chi connectivity index (χ3n) is 5.62. The lowest BCUT2D eigenvalue weighted by atomic mass is 10.1. The molecular formula is C22H25N3O5S. The summed E-state index contributed by atoms with van der Waals surface area (Å²) in [6.07, 6.45) is 4.00. The summed E-state index contributed by atoms with van der Waals surface area (Å²) >= 11 is 0. The molecule has 0 radical (unpaired) electrons. The molecule has 2 amide bonds. The Kier molecular flexibility index (Phi) is 5.86. The topological polar surface area (TPSA) is 96.0 Å². The van der Waals surface area contributed by atoms with Crippen molar-refractivity contribution in [2.75, 3.05) is 36.4 Å². The van der Waals surface area contributed by atoms with E-state index in [0.717, 1.165) is 30.0 Å². The highest BCUT2D eigenvalue weighted by atomic mass is 32.2. The van der Waals surface area contributed by atoms with E-state index in [1.165, 1.54) is 25.3 Å². The monoisotopic (exact) mass is 443 g/mol. The van der Waals surface area contributed by atoms with E-state index in [0.29, 0.717) is 30.2 Å². The lowest BCUT2D eigenvalue weighted by molar-refractivity contribution is -0.115. The van der Waals surface area contributed by atoms with Crippen molar-refractivity contribution in [2.24, 2.45) is 0 Å². The van der Waals surface area contributed by atoms with Gasteiger partial charge in [-0.2, -0.15) is 0 Å². The second-order valence-electron chi connectivity index (χ2n) is 7.65. The van der Waals surface area contributed by atoms with Gasteiger partial charge in [-0.1, -0.05) is 25.0 Å². The number of hydrogen-bond acceptors (Lipinski definition) is 5. The number of carbonyl (C=O) groups excluding carboxylic acids is 2. The predicted octanol–water partition coefficient (Wildman–Crippen LogP) is 2.86. The van der Waals surface area contributed by atoms with Crippen molar-refractivity contribution in [3.05, 3.63) is 48.0 Å². The maximum Gasteiger partial charge on any atom is 0.264 e. The number of hydrogen-bond donors (Lipinski definition) is 1. The van der Waals surface area contributed by atoms with Gasteiger partial charge in [0, 0.05) is 13.1 Å². The van der Waals surface area contributed by atoms with Crippen molar-refractivity contribution < 1.29 is 22.7 Å². The molecule has 0 saturated carbocycles. The molecule has 0 unspecified atom stereocenters. The predicted molar refractivity (Wildman–Crippen MR) is 117 cm³/mol. The van der Waals surface area contributed by atoms with E-state index in [9.17, 15) is 18.0 Å². The van der Waals surface area contributed by atoms with Crippen molar-refractivity contribution in [1.29, 1.82) is 0 Å². The van der Waals surface area contributed by atoms with Crippen LogP contribution in [0.1, 0.15) is 36.0 Å². The zero-order valence-corrected chi connectivity index (χ0v) is 18.2. The summed E-state index contributed by atoms with van der Waals surface area (Å²) in [7, 11) is -2.63. The summed E-state index contributed by atoms with van der Waals surface area (Å²) in [6.45, 7) is 0.943. The Bertz CT molecular complexity index is 1110. The lowest BCUT2D eigenvalue weighted by Gasteiger charge is -2.30. The van der Waals surface area contributed by atoms with Crippen LogP contribution in [0.4, 0.5) is 11.4 Å². The molecule has 2 aliphatic rings. The summed E-state index contributed by atoms with van der Waals surface area (Å²) in [5.41, 5.74) is 1.02. The maximum atomic E-state index is 13.5. The molecule has 0 aromatic heterocycles. The molecule has 4 rings (SSSR count). The van der Waals surface area contributed by atoms with Crippen LogP contribution in [0.15, 0.2) is 47.4 Å². The zero-order chi connectivity index (χ0) is 22.0. The molecule has 1 N–H and O–H groups in total. The number of amides is 2. The van der Waals surface area contributed by atoms with Gasteiger partial charge in [0.1, 0.15) is 12.3 Å². The summed E-state index contributed by atoms with van der Waals surface area (Å²) < 4.78 is 33.4. The number of anilines is 2. The van der Waals surface area contributed by atoms with Crippen molar-refractivity contribution >= 4 is 33.2 Å². The fraction of sp³-hybridized carbons (Fsp3) is 0.364. The number of nitrogens with one attached hydrogen (secondary N) is 1. The van der Waals surface area contributed by atoms with Gasteiger partial charge in [-0.3, -0.25) is 13.9 Å². The van der Waals surface area contributed by atoms with E-state index in [1.807, 2.05) is 0 Å². The molecule has 2 aromatic rings. The number of carbonyl (C=O) groups is 2. The van der Waals surface area contributed by atoms with E-state index in [1.54, 1.807) is 29.2 Å². The lowest BCUT2D eigenvalue weighted by Crippen LogP contribution is -2.42. The second-order valence-corrected chi connectivity index (χ2v) is 9.51. The number of fused-ring (bicyclic) bond motifs is 1. The minimum atomic E-state index is -4.08. The SMILES string of the molecule is COc1ccc(S(=O)(=O)N2CC(=O)Nc3ccccc32)cc1C(=O)N1CCCCCC1. The normalized spacial score (nSPS) is 16.9. The van der Waals surface area contributed by atoms with Gasteiger partial charge in [-0.05, 0) is 43.2 Å². The summed E-state index contributed by atoms with van der Waals surface area (Å²) in [6, 6.07) is 11.0. The molecule has 2 aliphatic heterocycles. The van der Waals surface area contributed by atoms with Crippen LogP contribution in [-0.2, 0) is 14.8 Å². The van der Waals surface area contributed by atoms with Crippen LogP contribution in [0.25, 0.3) is 0 Å². The Morgan fingerprint density at radius 2 is 1.74 bits per heavy atom. The molecule has 31 heavy (non-hydrogen) atoms. The van der Waals surface area contributed by atoms with E-state index < -0.39 is 15.9 Å². The van der Waals surface area contributed by atoms with Gasteiger partial charge in [0.25, 0.3) is 15.9 Å². The number of benzene rings is 2. The molecule has 0 bridgehead atoms. The first-order valence-electron chi connectivity index (χ1n) is 10.3. The molecule has 8 nitrogen and oxygen atoms in total. The molecule has 164 valence electrons. The Morgan fingerprint density at radius 1 is 1.03 bits per heavy atom. The van der Waals surface area contributed by atoms with Crippen LogP contribution in [0.3, 0.4) is 0 Å². The molecule has 2 heterocycles. The number of rotatable bonds is 4. The van der Waals surface area contributed by atoms with Crippen molar-refractivity contribution in [2.45, 2.75) is 30.6 Å². The van der Waals surface area contributed by atoms with Gasteiger partial charge in [-0.25, -0.2) is 8.42 Å². The van der Waals surface area contributed by atoms with E-state index in [-0.39, 0.29) is 22.9 Å². The number of methoxy groups -OCH3 is 1. The van der Waals surface area contributed by atoms with Crippen LogP contribution >= 0.6 is 0 Å².